The molecule has 0 radical (unpaired) electrons. The highest BCUT2D eigenvalue weighted by molar-refractivity contribution is 6.03. The van der Waals surface area contributed by atoms with Crippen LogP contribution in [0.2, 0.25) is 0 Å². The van der Waals surface area contributed by atoms with Crippen molar-refractivity contribution in [1.29, 1.82) is 0 Å². The molecule has 2 heterocycles. The van der Waals surface area contributed by atoms with Crippen LogP contribution in [-0.4, -0.2) is 27.1 Å². The molecule has 0 aliphatic carbocycles. The number of hydrogen-bond donors (Lipinski definition) is 0. The number of anilines is 1. The Hall–Kier alpha value is -2.17. The number of fused-ring (bicyclic) bond motifs is 1. The standard InChI is InChI=1S/C13H14N4O/c1-16-13(14-9-15-16)8-17-7-6-12(18)10-4-2-3-5-11(10)17/h2-5,9H,6-8H2,1H3. The van der Waals surface area contributed by atoms with Crippen molar-refractivity contribution in [3.05, 3.63) is 42.0 Å². The van der Waals surface area contributed by atoms with Crippen molar-refractivity contribution in [2.75, 3.05) is 11.4 Å². The quantitative estimate of drug-likeness (QED) is 0.799. The molecule has 92 valence electrons. The van der Waals surface area contributed by atoms with Crippen LogP contribution in [0, 0.1) is 0 Å². The van der Waals surface area contributed by atoms with E-state index >= 15 is 0 Å². The van der Waals surface area contributed by atoms with Gasteiger partial charge in [0.05, 0.1) is 6.54 Å². The zero-order chi connectivity index (χ0) is 12.5. The van der Waals surface area contributed by atoms with Crippen LogP contribution in [0.1, 0.15) is 22.6 Å². The molecular weight excluding hydrogens is 228 g/mol. The molecule has 0 N–H and O–H groups in total. The molecule has 1 aliphatic heterocycles. The number of hydrogen-bond acceptors (Lipinski definition) is 4. The molecule has 3 rings (SSSR count). The highest BCUT2D eigenvalue weighted by Crippen LogP contribution is 2.27. The van der Waals surface area contributed by atoms with Gasteiger partial charge in [-0.25, -0.2) is 4.98 Å². The Bertz CT molecular complexity index is 590. The Morgan fingerprint density at radius 1 is 1.33 bits per heavy atom. The molecule has 2 aromatic rings. The number of rotatable bonds is 2. The fourth-order valence-electron chi connectivity index (χ4n) is 2.28. The minimum absolute atomic E-state index is 0.222. The molecule has 0 saturated heterocycles. The van der Waals surface area contributed by atoms with E-state index in [4.69, 9.17) is 0 Å². The second-order valence-electron chi connectivity index (χ2n) is 4.41. The van der Waals surface area contributed by atoms with Crippen molar-refractivity contribution in [3.63, 3.8) is 0 Å². The first-order valence-corrected chi connectivity index (χ1v) is 5.96. The molecule has 0 bridgehead atoms. The van der Waals surface area contributed by atoms with E-state index in [-0.39, 0.29) is 5.78 Å². The number of aromatic nitrogens is 3. The summed E-state index contributed by atoms with van der Waals surface area (Å²) in [6.07, 6.45) is 2.12. The fourth-order valence-corrected chi connectivity index (χ4v) is 2.28. The summed E-state index contributed by atoms with van der Waals surface area (Å²) in [6, 6.07) is 7.74. The molecule has 18 heavy (non-hydrogen) atoms. The summed E-state index contributed by atoms with van der Waals surface area (Å²) in [5.41, 5.74) is 1.81. The van der Waals surface area contributed by atoms with Gasteiger partial charge in [-0.05, 0) is 12.1 Å². The normalized spacial score (nSPS) is 14.7. The third kappa shape index (κ3) is 1.77. The van der Waals surface area contributed by atoms with E-state index in [0.717, 1.165) is 23.6 Å². The maximum Gasteiger partial charge on any atom is 0.166 e. The smallest absolute Gasteiger partial charge is 0.166 e. The van der Waals surface area contributed by atoms with Gasteiger partial charge in [0, 0.05) is 31.3 Å². The Morgan fingerprint density at radius 2 is 2.17 bits per heavy atom. The lowest BCUT2D eigenvalue weighted by molar-refractivity contribution is 0.0979. The third-order valence-electron chi connectivity index (χ3n) is 3.29. The lowest BCUT2D eigenvalue weighted by Gasteiger charge is -2.29. The van der Waals surface area contributed by atoms with Crippen molar-refractivity contribution in [2.45, 2.75) is 13.0 Å². The number of para-hydroxylation sites is 1. The minimum Gasteiger partial charge on any atom is -0.363 e. The number of Topliss-reactive ketones (excluding diaryl/α,β-unsaturated/α-hetero) is 1. The summed E-state index contributed by atoms with van der Waals surface area (Å²) in [6.45, 7) is 1.42. The van der Waals surface area contributed by atoms with E-state index in [9.17, 15) is 4.79 Å². The predicted octanol–water partition coefficient (Wildman–Crippen LogP) is 1.41. The molecule has 1 aromatic carbocycles. The number of ketones is 1. The SMILES string of the molecule is Cn1ncnc1CN1CCC(=O)c2ccccc21. The van der Waals surface area contributed by atoms with Crippen molar-refractivity contribution >= 4 is 11.5 Å². The van der Waals surface area contributed by atoms with Crippen molar-refractivity contribution in [1.82, 2.24) is 14.8 Å². The number of benzene rings is 1. The summed E-state index contributed by atoms with van der Waals surface area (Å²) in [5, 5.41) is 4.06. The Kier molecular flexibility index (Phi) is 2.59. The highest BCUT2D eigenvalue weighted by atomic mass is 16.1. The van der Waals surface area contributed by atoms with Gasteiger partial charge < -0.3 is 4.90 Å². The highest BCUT2D eigenvalue weighted by Gasteiger charge is 2.23. The molecule has 0 fully saturated rings. The Balaban J connectivity index is 1.93. The lowest BCUT2D eigenvalue weighted by atomic mass is 10.0. The first-order chi connectivity index (χ1) is 8.75. The summed E-state index contributed by atoms with van der Waals surface area (Å²) >= 11 is 0. The average molecular weight is 242 g/mol. The van der Waals surface area contributed by atoms with Gasteiger partial charge in [0.1, 0.15) is 12.2 Å². The molecular formula is C13H14N4O. The maximum absolute atomic E-state index is 11.8. The molecule has 5 nitrogen and oxygen atoms in total. The van der Waals surface area contributed by atoms with Gasteiger partial charge in [0.25, 0.3) is 0 Å². The van der Waals surface area contributed by atoms with E-state index in [1.165, 1.54) is 0 Å². The largest absolute Gasteiger partial charge is 0.363 e. The molecule has 5 heteroatoms. The number of aryl methyl sites for hydroxylation is 1. The number of carbonyl (C=O) groups is 1. The Morgan fingerprint density at radius 3 is 2.94 bits per heavy atom. The van der Waals surface area contributed by atoms with Crippen LogP contribution in [-0.2, 0) is 13.6 Å². The molecule has 0 atom stereocenters. The second kappa shape index (κ2) is 4.25. The van der Waals surface area contributed by atoms with Crippen LogP contribution in [0.3, 0.4) is 0 Å². The molecule has 1 aromatic heterocycles. The zero-order valence-electron chi connectivity index (χ0n) is 10.2. The van der Waals surface area contributed by atoms with Crippen LogP contribution in [0.5, 0.6) is 0 Å². The molecule has 0 saturated carbocycles. The van der Waals surface area contributed by atoms with Crippen molar-refractivity contribution < 1.29 is 4.79 Å². The van der Waals surface area contributed by atoms with Crippen molar-refractivity contribution in [2.24, 2.45) is 7.05 Å². The van der Waals surface area contributed by atoms with Crippen LogP contribution in [0.15, 0.2) is 30.6 Å². The van der Waals surface area contributed by atoms with Gasteiger partial charge in [-0.2, -0.15) is 5.10 Å². The van der Waals surface area contributed by atoms with E-state index in [1.54, 1.807) is 11.0 Å². The third-order valence-corrected chi connectivity index (χ3v) is 3.29. The number of carbonyl (C=O) groups excluding carboxylic acids is 1. The van der Waals surface area contributed by atoms with E-state index in [1.807, 2.05) is 31.3 Å². The van der Waals surface area contributed by atoms with Crippen LogP contribution >= 0.6 is 0 Å². The molecule has 0 spiro atoms. The van der Waals surface area contributed by atoms with Crippen LogP contribution in [0.25, 0.3) is 0 Å². The van der Waals surface area contributed by atoms with E-state index in [2.05, 4.69) is 15.0 Å². The average Bonchev–Trinajstić information content (AvgIpc) is 2.79. The minimum atomic E-state index is 0.222. The molecule has 0 unspecified atom stereocenters. The molecule has 0 amide bonds. The lowest BCUT2D eigenvalue weighted by Crippen LogP contribution is -2.32. The van der Waals surface area contributed by atoms with E-state index in [0.29, 0.717) is 13.0 Å². The summed E-state index contributed by atoms with van der Waals surface area (Å²) in [4.78, 5) is 18.2. The van der Waals surface area contributed by atoms with Gasteiger partial charge in [0.2, 0.25) is 0 Å². The summed E-state index contributed by atoms with van der Waals surface area (Å²) in [7, 11) is 1.88. The fraction of sp³-hybridized carbons (Fsp3) is 0.308. The summed E-state index contributed by atoms with van der Waals surface area (Å²) in [5.74, 6) is 1.12. The zero-order valence-corrected chi connectivity index (χ0v) is 10.2. The molecule has 1 aliphatic rings. The van der Waals surface area contributed by atoms with Gasteiger partial charge in [-0.15, -0.1) is 0 Å². The van der Waals surface area contributed by atoms with Gasteiger partial charge >= 0.3 is 0 Å². The van der Waals surface area contributed by atoms with Gasteiger partial charge in [-0.1, -0.05) is 12.1 Å². The van der Waals surface area contributed by atoms with Crippen LogP contribution < -0.4 is 4.90 Å². The predicted molar refractivity (Wildman–Crippen MR) is 67.4 cm³/mol. The van der Waals surface area contributed by atoms with Crippen molar-refractivity contribution in [3.8, 4) is 0 Å². The van der Waals surface area contributed by atoms with Gasteiger partial charge in [-0.3, -0.25) is 9.48 Å². The first-order valence-electron chi connectivity index (χ1n) is 5.96. The summed E-state index contributed by atoms with van der Waals surface area (Å²) < 4.78 is 1.76. The first kappa shape index (κ1) is 11.0. The maximum atomic E-state index is 11.8. The second-order valence-corrected chi connectivity index (χ2v) is 4.41. The monoisotopic (exact) mass is 242 g/mol. The Labute approximate surface area is 105 Å². The topological polar surface area (TPSA) is 51.0 Å². The van der Waals surface area contributed by atoms with E-state index < -0.39 is 0 Å². The number of nitrogens with zero attached hydrogens (tertiary/aromatic N) is 4. The van der Waals surface area contributed by atoms with Crippen LogP contribution in [0.4, 0.5) is 5.69 Å². The van der Waals surface area contributed by atoms with Gasteiger partial charge in [0.15, 0.2) is 5.78 Å².